The smallest absolute Gasteiger partial charge is 0.180 e. The van der Waals surface area contributed by atoms with E-state index in [0.29, 0.717) is 5.31 Å². The van der Waals surface area contributed by atoms with Gasteiger partial charge in [-0.25, -0.2) is 0 Å². The largest absolute Gasteiger partial charge is 0.308 e. The predicted octanol–water partition coefficient (Wildman–Crippen LogP) is 4.73. The minimum absolute atomic E-state index is 0.691. The van der Waals surface area contributed by atoms with Crippen molar-refractivity contribution < 1.29 is 4.57 Å². The molecule has 0 amide bonds. The van der Waals surface area contributed by atoms with Crippen molar-refractivity contribution in [1.82, 2.24) is 0 Å². The van der Waals surface area contributed by atoms with E-state index in [4.69, 9.17) is 0 Å². The number of benzene rings is 2. The molecule has 21 heavy (non-hydrogen) atoms. The SMILES string of the molecule is C=C(c1ccccc1)P(=O)(c1ccccc1)c1cccs1. The second kappa shape index (κ2) is 5.85. The molecule has 1 atom stereocenters. The molecule has 1 nitrogen and oxygen atoms in total. The van der Waals surface area contributed by atoms with Crippen LogP contribution < -0.4 is 9.92 Å². The molecule has 0 spiro atoms. The van der Waals surface area contributed by atoms with E-state index in [1.807, 2.05) is 78.2 Å². The monoisotopic (exact) mass is 310 g/mol. The third-order valence-electron chi connectivity index (χ3n) is 3.42. The number of hydrogen-bond donors (Lipinski definition) is 0. The normalized spacial score (nSPS) is 13.5. The minimum Gasteiger partial charge on any atom is -0.308 e. The Morgan fingerprint density at radius 1 is 0.857 bits per heavy atom. The molecule has 3 aromatic rings. The highest BCUT2D eigenvalue weighted by Gasteiger charge is 2.32. The topological polar surface area (TPSA) is 17.1 Å². The van der Waals surface area contributed by atoms with E-state index in [2.05, 4.69) is 6.58 Å². The van der Waals surface area contributed by atoms with E-state index in [-0.39, 0.29) is 0 Å². The number of hydrogen-bond acceptors (Lipinski definition) is 2. The Morgan fingerprint density at radius 2 is 1.48 bits per heavy atom. The molecule has 1 aromatic heterocycles. The summed E-state index contributed by atoms with van der Waals surface area (Å²) in [5, 5.41) is 3.49. The van der Waals surface area contributed by atoms with E-state index in [0.717, 1.165) is 15.5 Å². The van der Waals surface area contributed by atoms with Gasteiger partial charge in [-0.15, -0.1) is 11.3 Å². The molecule has 1 unspecified atom stereocenters. The lowest BCUT2D eigenvalue weighted by Crippen LogP contribution is -2.14. The summed E-state index contributed by atoms with van der Waals surface area (Å²) in [4.78, 5) is 0. The Morgan fingerprint density at radius 3 is 2.05 bits per heavy atom. The summed E-state index contributed by atoms with van der Waals surface area (Å²) in [6.45, 7) is 4.17. The van der Waals surface area contributed by atoms with Crippen LogP contribution in [-0.4, -0.2) is 0 Å². The van der Waals surface area contributed by atoms with Gasteiger partial charge in [0.05, 0.1) is 4.62 Å². The van der Waals surface area contributed by atoms with E-state index >= 15 is 0 Å². The van der Waals surface area contributed by atoms with Gasteiger partial charge in [0.1, 0.15) is 0 Å². The van der Waals surface area contributed by atoms with Crippen LogP contribution in [0.1, 0.15) is 5.56 Å². The van der Waals surface area contributed by atoms with Crippen LogP contribution in [0.2, 0.25) is 0 Å². The lowest BCUT2D eigenvalue weighted by atomic mass is 10.2. The van der Waals surface area contributed by atoms with Crippen LogP contribution in [0.3, 0.4) is 0 Å². The Kier molecular flexibility index (Phi) is 3.92. The Bertz CT molecular complexity index is 777. The molecule has 104 valence electrons. The lowest BCUT2D eigenvalue weighted by molar-refractivity contribution is 0.593. The first-order valence-electron chi connectivity index (χ1n) is 6.67. The standard InChI is InChI=1S/C18H15OPS/c1-15(16-9-4-2-5-10-16)20(19,18-13-8-14-21-18)17-11-6-3-7-12-17/h2-14H,1H2. The molecule has 1 heterocycles. The van der Waals surface area contributed by atoms with E-state index < -0.39 is 7.14 Å². The molecule has 0 radical (unpaired) electrons. The average molecular weight is 310 g/mol. The zero-order valence-electron chi connectivity index (χ0n) is 11.5. The van der Waals surface area contributed by atoms with Gasteiger partial charge < -0.3 is 4.57 Å². The van der Waals surface area contributed by atoms with Gasteiger partial charge >= 0.3 is 0 Å². The number of thiophene rings is 1. The van der Waals surface area contributed by atoms with Crippen LogP contribution in [0.25, 0.3) is 5.31 Å². The van der Waals surface area contributed by atoms with Crippen molar-refractivity contribution in [3.63, 3.8) is 0 Å². The van der Waals surface area contributed by atoms with Crippen LogP contribution in [-0.2, 0) is 4.57 Å². The number of rotatable bonds is 4. The molecule has 3 rings (SSSR count). The van der Waals surface area contributed by atoms with Crippen molar-refractivity contribution in [2.45, 2.75) is 0 Å². The molecule has 0 saturated carbocycles. The van der Waals surface area contributed by atoms with E-state index in [1.165, 1.54) is 11.3 Å². The van der Waals surface area contributed by atoms with Crippen molar-refractivity contribution in [2.75, 3.05) is 0 Å². The summed E-state index contributed by atoms with van der Waals surface area (Å²) in [7, 11) is -2.87. The van der Waals surface area contributed by atoms with Crippen LogP contribution in [0.4, 0.5) is 0 Å². The highest BCUT2D eigenvalue weighted by Crippen LogP contribution is 2.56. The highest BCUT2D eigenvalue weighted by atomic mass is 32.1. The second-order valence-corrected chi connectivity index (χ2v) is 8.72. The maximum Gasteiger partial charge on any atom is 0.180 e. The molecular formula is C18H15OPS. The first-order chi connectivity index (χ1) is 10.2. The summed E-state index contributed by atoms with van der Waals surface area (Å²) in [5.41, 5.74) is 0.929. The minimum atomic E-state index is -2.87. The van der Waals surface area contributed by atoms with Gasteiger partial charge in [-0.2, -0.15) is 0 Å². The third-order valence-corrected chi connectivity index (χ3v) is 8.00. The fraction of sp³-hybridized carbons (Fsp3) is 0. The molecule has 0 fully saturated rings. The Balaban J connectivity index is 2.19. The third kappa shape index (κ3) is 2.53. The van der Waals surface area contributed by atoms with Gasteiger partial charge in [0.15, 0.2) is 7.14 Å². The van der Waals surface area contributed by atoms with Gasteiger partial charge in [0.25, 0.3) is 0 Å². The molecule has 0 saturated heterocycles. The first-order valence-corrected chi connectivity index (χ1v) is 9.26. The fourth-order valence-corrected chi connectivity index (χ4v) is 6.43. The molecule has 2 aromatic carbocycles. The molecule has 0 aliphatic rings. The lowest BCUT2D eigenvalue weighted by Gasteiger charge is -2.20. The predicted molar refractivity (Wildman–Crippen MR) is 93.1 cm³/mol. The maximum atomic E-state index is 13.9. The zero-order chi connectivity index (χ0) is 14.7. The molecular weight excluding hydrogens is 295 g/mol. The zero-order valence-corrected chi connectivity index (χ0v) is 13.2. The van der Waals surface area contributed by atoms with Gasteiger partial charge in [-0.1, -0.05) is 73.3 Å². The van der Waals surface area contributed by atoms with Gasteiger partial charge in [-0.05, 0) is 17.0 Å². The summed E-state index contributed by atoms with van der Waals surface area (Å²) < 4.78 is 14.8. The average Bonchev–Trinajstić information content (AvgIpc) is 3.10. The summed E-state index contributed by atoms with van der Waals surface area (Å²) in [6, 6.07) is 23.3. The van der Waals surface area contributed by atoms with E-state index in [9.17, 15) is 4.57 Å². The van der Waals surface area contributed by atoms with Crippen LogP contribution in [0.15, 0.2) is 84.8 Å². The fourth-order valence-electron chi connectivity index (χ4n) is 2.32. The molecule has 0 aliphatic carbocycles. The quantitative estimate of drug-likeness (QED) is 0.637. The molecule has 0 aliphatic heterocycles. The maximum absolute atomic E-state index is 13.9. The summed E-state index contributed by atoms with van der Waals surface area (Å²) >= 11 is 1.52. The summed E-state index contributed by atoms with van der Waals surface area (Å²) in [5.74, 6) is 0. The van der Waals surface area contributed by atoms with Crippen molar-refractivity contribution in [3.05, 3.63) is 90.3 Å². The second-order valence-electron chi connectivity index (χ2n) is 4.71. The molecule has 3 heteroatoms. The van der Waals surface area contributed by atoms with Gasteiger partial charge in [0, 0.05) is 10.6 Å². The van der Waals surface area contributed by atoms with Crippen molar-refractivity contribution in [1.29, 1.82) is 0 Å². The van der Waals surface area contributed by atoms with Crippen LogP contribution >= 0.6 is 18.5 Å². The van der Waals surface area contributed by atoms with Crippen molar-refractivity contribution in [3.8, 4) is 0 Å². The first kappa shape index (κ1) is 14.1. The van der Waals surface area contributed by atoms with Gasteiger partial charge in [-0.3, -0.25) is 0 Å². The molecule has 0 bridgehead atoms. The van der Waals surface area contributed by atoms with Crippen molar-refractivity contribution in [2.24, 2.45) is 0 Å². The summed E-state index contributed by atoms with van der Waals surface area (Å²) in [6.07, 6.45) is 0. The van der Waals surface area contributed by atoms with Gasteiger partial charge in [0.2, 0.25) is 0 Å². The van der Waals surface area contributed by atoms with Crippen LogP contribution in [0.5, 0.6) is 0 Å². The highest BCUT2D eigenvalue weighted by molar-refractivity contribution is 7.91. The van der Waals surface area contributed by atoms with Crippen LogP contribution in [0, 0.1) is 0 Å². The Hall–Kier alpha value is -1.89. The Labute approximate surface area is 129 Å². The molecule has 0 N–H and O–H groups in total. The van der Waals surface area contributed by atoms with Crippen molar-refractivity contribution >= 4 is 33.7 Å². The van der Waals surface area contributed by atoms with E-state index in [1.54, 1.807) is 0 Å².